The first-order chi connectivity index (χ1) is 17.4. The summed E-state index contributed by atoms with van der Waals surface area (Å²) in [5.41, 5.74) is 6.80. The van der Waals surface area contributed by atoms with Crippen molar-refractivity contribution in [2.24, 2.45) is 0 Å². The number of amides is 3. The number of fused-ring (bicyclic) bond motifs is 1. The predicted octanol–water partition coefficient (Wildman–Crippen LogP) is 4.63. The normalized spacial score (nSPS) is 14.1. The molecule has 1 fully saturated rings. The Kier molecular flexibility index (Phi) is 6.38. The summed E-state index contributed by atoms with van der Waals surface area (Å²) >= 11 is 0. The van der Waals surface area contributed by atoms with Crippen molar-refractivity contribution in [2.45, 2.75) is 12.8 Å². The average molecular weight is 482 g/mol. The number of aromatic nitrogens is 1. The van der Waals surface area contributed by atoms with Crippen molar-refractivity contribution in [3.63, 3.8) is 0 Å². The van der Waals surface area contributed by atoms with Crippen molar-refractivity contribution < 1.29 is 9.59 Å². The summed E-state index contributed by atoms with van der Waals surface area (Å²) < 4.78 is 0. The molecule has 7 heteroatoms. The second-order valence-electron chi connectivity index (χ2n) is 9.42. The highest BCUT2D eigenvalue weighted by Gasteiger charge is 2.24. The first-order valence-electron chi connectivity index (χ1n) is 12.2. The zero-order valence-corrected chi connectivity index (χ0v) is 20.8. The van der Waals surface area contributed by atoms with Gasteiger partial charge in [0.05, 0.1) is 0 Å². The van der Waals surface area contributed by atoms with Crippen LogP contribution in [-0.2, 0) is 0 Å². The summed E-state index contributed by atoms with van der Waals surface area (Å²) in [7, 11) is 4.05. The molecule has 1 aliphatic heterocycles. The lowest BCUT2D eigenvalue weighted by atomic mass is 9.90. The minimum absolute atomic E-state index is 0.0185. The third kappa shape index (κ3) is 4.52. The van der Waals surface area contributed by atoms with E-state index in [2.05, 4.69) is 56.9 Å². The van der Waals surface area contributed by atoms with Crippen molar-refractivity contribution in [3.05, 3.63) is 95.2 Å². The number of para-hydroxylation sites is 1. The van der Waals surface area contributed by atoms with Gasteiger partial charge in [-0.2, -0.15) is 0 Å². The van der Waals surface area contributed by atoms with Crippen molar-refractivity contribution in [3.8, 4) is 0 Å². The maximum absolute atomic E-state index is 13.2. The van der Waals surface area contributed by atoms with Crippen LogP contribution in [0.4, 0.5) is 16.2 Å². The molecule has 36 heavy (non-hydrogen) atoms. The number of carbonyl (C=O) groups is 2. The number of rotatable bonds is 7. The molecule has 1 aliphatic rings. The number of H-pyrrole nitrogens is 1. The Morgan fingerprint density at radius 2 is 1.86 bits per heavy atom. The average Bonchev–Trinajstić information content (AvgIpc) is 3.50. The third-order valence-electron chi connectivity index (χ3n) is 6.88. The number of aromatic amines is 1. The first kappa shape index (κ1) is 23.5. The van der Waals surface area contributed by atoms with Gasteiger partial charge in [0, 0.05) is 73.7 Å². The number of hydrogen-bond acceptors (Lipinski definition) is 3. The van der Waals surface area contributed by atoms with Gasteiger partial charge in [0.2, 0.25) is 0 Å². The molecule has 3 amide bonds. The molecule has 7 nitrogen and oxygen atoms in total. The Bertz CT molecular complexity index is 1410. The van der Waals surface area contributed by atoms with Crippen molar-refractivity contribution in [2.75, 3.05) is 43.5 Å². The number of nitrogens with zero attached hydrogens (tertiary/aromatic N) is 2. The number of hydrogen-bond donors (Lipinski definition) is 3. The molecule has 3 N–H and O–H groups in total. The molecule has 1 unspecified atom stereocenters. The number of carbonyl (C=O) groups excluding carboxylic acids is 2. The van der Waals surface area contributed by atoms with Crippen molar-refractivity contribution in [1.82, 2.24) is 15.6 Å². The Labute approximate surface area is 211 Å². The number of benzene rings is 3. The summed E-state index contributed by atoms with van der Waals surface area (Å²) in [6.07, 6.45) is 2.04. The van der Waals surface area contributed by atoms with Gasteiger partial charge >= 0.3 is 6.03 Å². The van der Waals surface area contributed by atoms with Crippen LogP contribution in [0.25, 0.3) is 10.9 Å². The summed E-state index contributed by atoms with van der Waals surface area (Å²) in [6.45, 7) is 3.64. The molecule has 1 atom stereocenters. The minimum Gasteiger partial charge on any atom is -0.378 e. The molecule has 1 aromatic heterocycles. The van der Waals surface area contributed by atoms with Gasteiger partial charge in [0.25, 0.3) is 5.91 Å². The topological polar surface area (TPSA) is 80.5 Å². The van der Waals surface area contributed by atoms with Crippen LogP contribution in [0.2, 0.25) is 0 Å². The fraction of sp³-hybridized carbons (Fsp3) is 0.241. The van der Waals surface area contributed by atoms with Crippen LogP contribution in [0.15, 0.2) is 72.9 Å². The van der Waals surface area contributed by atoms with Crippen LogP contribution >= 0.6 is 0 Å². The molecule has 0 spiro atoms. The van der Waals surface area contributed by atoms with E-state index in [1.165, 1.54) is 0 Å². The Balaban J connectivity index is 1.40. The maximum atomic E-state index is 13.2. The molecule has 4 aromatic rings. The van der Waals surface area contributed by atoms with Gasteiger partial charge in [-0.3, -0.25) is 9.69 Å². The molecule has 1 saturated heterocycles. The molecule has 0 radical (unpaired) electrons. The number of aryl methyl sites for hydroxylation is 1. The van der Waals surface area contributed by atoms with Crippen LogP contribution in [0.5, 0.6) is 0 Å². The predicted molar refractivity (Wildman–Crippen MR) is 145 cm³/mol. The first-order valence-corrected chi connectivity index (χ1v) is 12.2. The highest BCUT2D eigenvalue weighted by Crippen LogP contribution is 2.31. The van der Waals surface area contributed by atoms with Crippen LogP contribution in [-0.4, -0.2) is 50.7 Å². The smallest absolute Gasteiger partial charge is 0.322 e. The maximum Gasteiger partial charge on any atom is 0.322 e. The monoisotopic (exact) mass is 481 g/mol. The molecule has 0 saturated carbocycles. The summed E-state index contributed by atoms with van der Waals surface area (Å²) in [5, 5.41) is 7.13. The lowest BCUT2D eigenvalue weighted by Gasteiger charge is -2.21. The zero-order chi connectivity index (χ0) is 25.2. The fourth-order valence-electron chi connectivity index (χ4n) is 4.89. The lowest BCUT2D eigenvalue weighted by Crippen LogP contribution is -2.30. The van der Waals surface area contributed by atoms with E-state index in [9.17, 15) is 9.59 Å². The largest absolute Gasteiger partial charge is 0.378 e. The number of anilines is 2. The van der Waals surface area contributed by atoms with Crippen molar-refractivity contribution in [1.29, 1.82) is 0 Å². The van der Waals surface area contributed by atoms with Crippen LogP contribution in [0.3, 0.4) is 0 Å². The number of urea groups is 1. The van der Waals surface area contributed by atoms with E-state index in [1.54, 1.807) is 11.0 Å². The van der Waals surface area contributed by atoms with Gasteiger partial charge in [-0.25, -0.2) is 4.79 Å². The molecule has 3 aromatic carbocycles. The van der Waals surface area contributed by atoms with E-state index >= 15 is 0 Å². The summed E-state index contributed by atoms with van der Waals surface area (Å²) in [5.74, 6) is -0.153. The van der Waals surface area contributed by atoms with Gasteiger partial charge in [-0.1, -0.05) is 30.3 Å². The third-order valence-corrected chi connectivity index (χ3v) is 6.88. The fourth-order valence-corrected chi connectivity index (χ4v) is 4.89. The SMILES string of the molecule is Cc1cc(C(=O)NCC(c2ccc(N(C)C)cc2)c2c[nH]c3ccccc23)ccc1N1CCNC1=O. The second kappa shape index (κ2) is 9.77. The van der Waals surface area contributed by atoms with Gasteiger partial charge < -0.3 is 20.5 Å². The Hall–Kier alpha value is -4.26. The summed E-state index contributed by atoms with van der Waals surface area (Å²) in [6, 6.07) is 22.1. The van der Waals surface area contributed by atoms with E-state index < -0.39 is 0 Å². The van der Waals surface area contributed by atoms with Gasteiger partial charge in [-0.05, 0) is 60.0 Å². The molecular formula is C29H31N5O2. The Morgan fingerprint density at radius 1 is 1.08 bits per heavy atom. The summed E-state index contributed by atoms with van der Waals surface area (Å²) in [4.78, 5) is 32.4. The van der Waals surface area contributed by atoms with E-state index in [4.69, 9.17) is 0 Å². The lowest BCUT2D eigenvalue weighted by molar-refractivity contribution is 0.0952. The zero-order valence-electron chi connectivity index (χ0n) is 20.8. The molecular weight excluding hydrogens is 450 g/mol. The Morgan fingerprint density at radius 3 is 2.56 bits per heavy atom. The molecule has 2 heterocycles. The van der Waals surface area contributed by atoms with E-state index in [0.29, 0.717) is 25.2 Å². The molecule has 5 rings (SSSR count). The molecule has 0 aliphatic carbocycles. The van der Waals surface area contributed by atoms with Gasteiger partial charge in [0.1, 0.15) is 0 Å². The quantitative estimate of drug-likeness (QED) is 0.360. The standard InChI is InChI=1S/C29H31N5O2/c1-19-16-21(10-13-27(19)34-15-14-30-29(34)36)28(35)32-17-24(20-8-11-22(12-9-20)33(2)3)25-18-31-26-7-5-4-6-23(25)26/h4-13,16,18,24,31H,14-15,17H2,1-3H3,(H,30,36)(H,32,35). The minimum atomic E-state index is -0.134. The molecule has 184 valence electrons. The highest BCUT2D eigenvalue weighted by molar-refractivity contribution is 5.98. The molecule has 0 bridgehead atoms. The van der Waals surface area contributed by atoms with Crippen molar-refractivity contribution >= 4 is 34.2 Å². The van der Waals surface area contributed by atoms with Crippen LogP contribution in [0.1, 0.15) is 33.0 Å². The van der Waals surface area contributed by atoms with Gasteiger partial charge in [0.15, 0.2) is 0 Å². The van der Waals surface area contributed by atoms with Crippen LogP contribution < -0.4 is 20.4 Å². The van der Waals surface area contributed by atoms with E-state index in [-0.39, 0.29) is 17.9 Å². The second-order valence-corrected chi connectivity index (χ2v) is 9.42. The van der Waals surface area contributed by atoms with Gasteiger partial charge in [-0.15, -0.1) is 0 Å². The van der Waals surface area contributed by atoms with E-state index in [1.807, 2.05) is 51.5 Å². The van der Waals surface area contributed by atoms with E-state index in [0.717, 1.165) is 39.0 Å². The highest BCUT2D eigenvalue weighted by atomic mass is 16.2. The number of nitrogens with one attached hydrogen (secondary N) is 3. The van der Waals surface area contributed by atoms with Crippen LogP contribution in [0, 0.1) is 6.92 Å².